The summed E-state index contributed by atoms with van der Waals surface area (Å²) in [5.74, 6) is -1.39. The molecule has 1 aromatic heterocycles. The minimum Gasteiger partial charge on any atom is -0.465 e. The van der Waals surface area contributed by atoms with Gasteiger partial charge < -0.3 is 19.3 Å². The van der Waals surface area contributed by atoms with Crippen molar-refractivity contribution in [2.75, 3.05) is 19.0 Å². The molecule has 0 unspecified atom stereocenters. The Balaban J connectivity index is 1.96. The second-order valence-corrected chi connectivity index (χ2v) is 5.11. The molecule has 1 N–H and O–H groups in total. The smallest absolute Gasteiger partial charge is 0.344 e. The van der Waals surface area contributed by atoms with Crippen molar-refractivity contribution in [3.8, 4) is 0 Å². The number of ether oxygens (including phenoxy) is 2. The summed E-state index contributed by atoms with van der Waals surface area (Å²) in [6.07, 6.45) is 0.508. The van der Waals surface area contributed by atoms with E-state index in [4.69, 9.17) is 9.26 Å². The molecule has 8 heteroatoms. The van der Waals surface area contributed by atoms with Crippen LogP contribution in [-0.2, 0) is 20.7 Å². The number of carbonyl (C=O) groups is 3. The lowest BCUT2D eigenvalue weighted by molar-refractivity contribution is -0.119. The molecule has 132 valence electrons. The summed E-state index contributed by atoms with van der Waals surface area (Å²) in [5.41, 5.74) is 1.40. The van der Waals surface area contributed by atoms with E-state index in [1.54, 1.807) is 25.1 Å². The number of anilines is 1. The van der Waals surface area contributed by atoms with Crippen molar-refractivity contribution in [1.82, 2.24) is 5.16 Å². The van der Waals surface area contributed by atoms with E-state index in [0.717, 1.165) is 0 Å². The molecule has 2 aromatic rings. The van der Waals surface area contributed by atoms with Gasteiger partial charge in [0.15, 0.2) is 6.61 Å². The molecule has 1 heterocycles. The molecule has 0 saturated carbocycles. The summed E-state index contributed by atoms with van der Waals surface area (Å²) in [6.45, 7) is 2.95. The van der Waals surface area contributed by atoms with Crippen LogP contribution in [0.15, 0.2) is 28.8 Å². The fraction of sp³-hybridized carbons (Fsp3) is 0.294. The number of aryl methyl sites for hydroxylation is 2. The highest BCUT2D eigenvalue weighted by atomic mass is 16.5. The van der Waals surface area contributed by atoms with Gasteiger partial charge in [0.05, 0.1) is 18.4 Å². The number of methoxy groups -OCH3 is 1. The van der Waals surface area contributed by atoms with Crippen molar-refractivity contribution in [2.45, 2.75) is 20.3 Å². The van der Waals surface area contributed by atoms with Gasteiger partial charge in [-0.1, -0.05) is 18.1 Å². The molecule has 0 saturated heterocycles. The molecule has 0 fully saturated rings. The third-order valence-electron chi connectivity index (χ3n) is 3.37. The number of nitrogens with zero attached hydrogens (tertiary/aromatic N) is 1. The second kappa shape index (κ2) is 8.09. The van der Waals surface area contributed by atoms with Gasteiger partial charge in [0.25, 0.3) is 5.91 Å². The zero-order valence-corrected chi connectivity index (χ0v) is 14.1. The van der Waals surface area contributed by atoms with Crippen LogP contribution in [0.1, 0.15) is 39.1 Å². The summed E-state index contributed by atoms with van der Waals surface area (Å²) in [7, 11) is 1.27. The summed E-state index contributed by atoms with van der Waals surface area (Å²) in [5, 5.41) is 6.31. The average molecular weight is 346 g/mol. The lowest BCUT2D eigenvalue weighted by Gasteiger charge is -2.08. The number of carbonyl (C=O) groups excluding carboxylic acids is 3. The van der Waals surface area contributed by atoms with Crippen LogP contribution in [0, 0.1) is 6.92 Å². The van der Waals surface area contributed by atoms with E-state index < -0.39 is 24.5 Å². The van der Waals surface area contributed by atoms with E-state index in [0.29, 0.717) is 29.1 Å². The molecule has 0 spiro atoms. The van der Waals surface area contributed by atoms with Crippen LogP contribution in [0.5, 0.6) is 0 Å². The van der Waals surface area contributed by atoms with Crippen molar-refractivity contribution in [1.29, 1.82) is 0 Å². The maximum absolute atomic E-state index is 12.1. The molecule has 2 rings (SSSR count). The van der Waals surface area contributed by atoms with E-state index >= 15 is 0 Å². The average Bonchev–Trinajstić information content (AvgIpc) is 3.00. The molecule has 1 aromatic carbocycles. The zero-order chi connectivity index (χ0) is 18.4. The normalized spacial score (nSPS) is 10.2. The van der Waals surface area contributed by atoms with Gasteiger partial charge in [-0.05, 0) is 31.5 Å². The van der Waals surface area contributed by atoms with E-state index in [1.807, 2.05) is 6.92 Å². The number of amides is 1. The van der Waals surface area contributed by atoms with Crippen molar-refractivity contribution in [3.05, 3.63) is 46.8 Å². The highest BCUT2D eigenvalue weighted by Crippen LogP contribution is 2.15. The van der Waals surface area contributed by atoms with Crippen LogP contribution in [0.3, 0.4) is 0 Å². The second-order valence-electron chi connectivity index (χ2n) is 5.11. The van der Waals surface area contributed by atoms with Gasteiger partial charge in [-0.25, -0.2) is 9.59 Å². The van der Waals surface area contributed by atoms with Crippen LogP contribution in [0.4, 0.5) is 5.69 Å². The first-order chi connectivity index (χ1) is 12.0. The van der Waals surface area contributed by atoms with Crippen LogP contribution < -0.4 is 5.32 Å². The lowest BCUT2D eigenvalue weighted by Crippen LogP contribution is -2.21. The quantitative estimate of drug-likeness (QED) is 0.798. The zero-order valence-electron chi connectivity index (χ0n) is 14.1. The predicted octanol–water partition coefficient (Wildman–Crippen LogP) is 2.13. The number of aromatic nitrogens is 1. The van der Waals surface area contributed by atoms with Gasteiger partial charge >= 0.3 is 11.9 Å². The molecule has 0 bridgehead atoms. The molecular weight excluding hydrogens is 328 g/mol. The van der Waals surface area contributed by atoms with Crippen LogP contribution in [0.2, 0.25) is 0 Å². The fourth-order valence-electron chi connectivity index (χ4n) is 2.16. The van der Waals surface area contributed by atoms with Gasteiger partial charge in [-0.3, -0.25) is 4.79 Å². The van der Waals surface area contributed by atoms with E-state index in [-0.39, 0.29) is 5.56 Å². The first-order valence-electron chi connectivity index (χ1n) is 7.56. The van der Waals surface area contributed by atoms with Crippen molar-refractivity contribution < 1.29 is 28.4 Å². The number of hydrogen-bond donors (Lipinski definition) is 1. The van der Waals surface area contributed by atoms with E-state index in [2.05, 4.69) is 15.2 Å². The number of esters is 2. The fourth-order valence-corrected chi connectivity index (χ4v) is 2.16. The lowest BCUT2D eigenvalue weighted by atomic mass is 10.1. The van der Waals surface area contributed by atoms with Gasteiger partial charge in [0.1, 0.15) is 11.3 Å². The highest BCUT2D eigenvalue weighted by Gasteiger charge is 2.21. The Kier molecular flexibility index (Phi) is 5.89. The van der Waals surface area contributed by atoms with E-state index in [1.165, 1.54) is 13.2 Å². The largest absolute Gasteiger partial charge is 0.465 e. The van der Waals surface area contributed by atoms with Gasteiger partial charge in [-0.15, -0.1) is 0 Å². The third-order valence-corrected chi connectivity index (χ3v) is 3.37. The molecule has 0 radical (unpaired) electrons. The Morgan fingerprint density at radius 2 is 2.00 bits per heavy atom. The maximum Gasteiger partial charge on any atom is 0.344 e. The Hall–Kier alpha value is -3.16. The van der Waals surface area contributed by atoms with Gasteiger partial charge in [-0.2, -0.15) is 0 Å². The minimum absolute atomic E-state index is 0.239. The molecular formula is C17H18N2O6. The molecule has 0 aliphatic rings. The standard InChI is InChI=1S/C17H18N2O6/c1-4-13-15(10(2)25-19-13)17(22)24-9-14(20)18-12-7-5-6-11(8-12)16(21)23-3/h5-8H,4,9H2,1-3H3,(H,18,20). The highest BCUT2D eigenvalue weighted by molar-refractivity contribution is 5.97. The van der Waals surface area contributed by atoms with Crippen LogP contribution in [-0.4, -0.2) is 36.7 Å². The summed E-state index contributed by atoms with van der Waals surface area (Å²) in [4.78, 5) is 35.5. The molecule has 8 nitrogen and oxygen atoms in total. The number of hydrogen-bond acceptors (Lipinski definition) is 7. The Morgan fingerprint density at radius 3 is 2.68 bits per heavy atom. The summed E-state index contributed by atoms with van der Waals surface area (Å²) >= 11 is 0. The summed E-state index contributed by atoms with van der Waals surface area (Å²) in [6, 6.07) is 6.22. The Morgan fingerprint density at radius 1 is 1.24 bits per heavy atom. The Bertz CT molecular complexity index is 796. The summed E-state index contributed by atoms with van der Waals surface area (Å²) < 4.78 is 14.6. The van der Waals surface area contributed by atoms with Crippen molar-refractivity contribution in [2.24, 2.45) is 0 Å². The number of benzene rings is 1. The van der Waals surface area contributed by atoms with Gasteiger partial charge in [0, 0.05) is 5.69 Å². The molecule has 0 aliphatic carbocycles. The first kappa shape index (κ1) is 18.2. The van der Waals surface area contributed by atoms with E-state index in [9.17, 15) is 14.4 Å². The molecule has 0 aliphatic heterocycles. The first-order valence-corrected chi connectivity index (χ1v) is 7.56. The molecule has 0 atom stereocenters. The molecule has 1 amide bonds. The SMILES string of the molecule is CCc1noc(C)c1C(=O)OCC(=O)Nc1cccc(C(=O)OC)c1. The predicted molar refractivity (Wildman–Crippen MR) is 87.3 cm³/mol. The van der Waals surface area contributed by atoms with Crippen molar-refractivity contribution in [3.63, 3.8) is 0 Å². The number of nitrogens with one attached hydrogen (secondary N) is 1. The minimum atomic E-state index is -0.672. The third kappa shape index (κ3) is 4.43. The van der Waals surface area contributed by atoms with Gasteiger partial charge in [0.2, 0.25) is 0 Å². The monoisotopic (exact) mass is 346 g/mol. The van der Waals surface area contributed by atoms with Crippen LogP contribution in [0.25, 0.3) is 0 Å². The Labute approximate surface area is 144 Å². The van der Waals surface area contributed by atoms with Crippen molar-refractivity contribution >= 4 is 23.5 Å². The number of rotatable bonds is 6. The van der Waals surface area contributed by atoms with Crippen LogP contribution >= 0.6 is 0 Å². The maximum atomic E-state index is 12.1. The topological polar surface area (TPSA) is 108 Å². The molecule has 25 heavy (non-hydrogen) atoms.